The molecule has 2 heterocycles. The predicted octanol–water partition coefficient (Wildman–Crippen LogP) is 4.33. The molecule has 2 aromatic heterocycles. The van der Waals surface area contributed by atoms with Crippen LogP contribution in [0.5, 0.6) is 5.75 Å². The van der Waals surface area contributed by atoms with E-state index in [4.69, 9.17) is 5.11 Å². The number of phenolic OH excluding ortho intramolecular Hbond substituents is 1. The highest BCUT2D eigenvalue weighted by molar-refractivity contribution is 5.65. The summed E-state index contributed by atoms with van der Waals surface area (Å²) < 4.78 is 1.93. The fourth-order valence-electron chi connectivity index (χ4n) is 2.95. The van der Waals surface area contributed by atoms with Crippen molar-refractivity contribution in [2.75, 3.05) is 0 Å². The second-order valence-electron chi connectivity index (χ2n) is 7.00. The molecule has 35 heavy (non-hydrogen) atoms. The highest BCUT2D eigenvalue weighted by Gasteiger charge is 2.30. The largest absolute Gasteiger partial charge is 0.497 e. The summed E-state index contributed by atoms with van der Waals surface area (Å²) in [5.41, 5.74) is 0.774. The smallest absolute Gasteiger partial charge is 0.324 e. The quantitative estimate of drug-likeness (QED) is 0.314. The molecule has 0 atom stereocenters. The van der Waals surface area contributed by atoms with Crippen LogP contribution in [0, 0.1) is 47.4 Å². The van der Waals surface area contributed by atoms with Crippen molar-refractivity contribution < 1.29 is 24.8 Å². The van der Waals surface area contributed by atoms with Crippen molar-refractivity contribution in [1.82, 2.24) is 9.38 Å². The SMILES string of the molecule is Cc1ccn2cc(-c3ccc([N+](=O)[O-])cc3)nc2c1.O=[N+]([O-])c1cc([N+](=O)[O-])c(O)c([N+](=O)[O-])c1. The topological polar surface area (TPSA) is 210 Å². The third-order valence-electron chi connectivity index (χ3n) is 4.65. The summed E-state index contributed by atoms with van der Waals surface area (Å²) >= 11 is 0. The molecule has 0 amide bonds. The third kappa shape index (κ3) is 5.30. The van der Waals surface area contributed by atoms with Gasteiger partial charge in [0.25, 0.3) is 17.1 Å². The minimum Gasteiger partial charge on any atom is -0.497 e. The van der Waals surface area contributed by atoms with Crippen LogP contribution in [-0.4, -0.2) is 34.2 Å². The van der Waals surface area contributed by atoms with Crippen LogP contribution >= 0.6 is 0 Å². The van der Waals surface area contributed by atoms with Crippen LogP contribution in [0.3, 0.4) is 0 Å². The number of hydrogen-bond acceptors (Lipinski definition) is 10. The highest BCUT2D eigenvalue weighted by atomic mass is 16.6. The van der Waals surface area contributed by atoms with Gasteiger partial charge in [0.2, 0.25) is 0 Å². The van der Waals surface area contributed by atoms with E-state index >= 15 is 0 Å². The van der Waals surface area contributed by atoms with Crippen molar-refractivity contribution in [1.29, 1.82) is 0 Å². The van der Waals surface area contributed by atoms with Crippen molar-refractivity contribution in [3.63, 3.8) is 0 Å². The Kier molecular flexibility index (Phi) is 6.61. The lowest BCUT2D eigenvalue weighted by atomic mass is 10.1. The average molecular weight is 482 g/mol. The Labute approximate surface area is 194 Å². The summed E-state index contributed by atoms with van der Waals surface area (Å²) in [6.45, 7) is 2.01. The first-order chi connectivity index (χ1) is 16.5. The normalized spacial score (nSPS) is 10.3. The Morgan fingerprint density at radius 1 is 0.771 bits per heavy atom. The molecule has 0 saturated heterocycles. The highest BCUT2D eigenvalue weighted by Crippen LogP contribution is 2.39. The first-order valence-electron chi connectivity index (χ1n) is 9.48. The molecule has 0 aliphatic carbocycles. The molecule has 0 unspecified atom stereocenters. The van der Waals surface area contributed by atoms with Crippen LogP contribution in [0.1, 0.15) is 5.56 Å². The second-order valence-corrected chi connectivity index (χ2v) is 7.00. The number of nitrogens with zero attached hydrogens (tertiary/aromatic N) is 6. The zero-order chi connectivity index (χ0) is 25.9. The Morgan fingerprint density at radius 2 is 1.31 bits per heavy atom. The van der Waals surface area contributed by atoms with Gasteiger partial charge in [-0.2, -0.15) is 0 Å². The Hall–Kier alpha value is -5.47. The van der Waals surface area contributed by atoms with Gasteiger partial charge >= 0.3 is 11.4 Å². The number of non-ortho nitro benzene ring substituents is 2. The fraction of sp³-hybridized carbons (Fsp3) is 0.0500. The van der Waals surface area contributed by atoms with Crippen LogP contribution in [0.4, 0.5) is 22.7 Å². The van der Waals surface area contributed by atoms with Gasteiger partial charge in [-0.1, -0.05) is 0 Å². The Morgan fingerprint density at radius 3 is 1.80 bits per heavy atom. The number of nitro benzene ring substituents is 4. The molecule has 0 fully saturated rings. The van der Waals surface area contributed by atoms with Crippen LogP contribution in [0.2, 0.25) is 0 Å². The zero-order valence-electron chi connectivity index (χ0n) is 17.7. The lowest BCUT2D eigenvalue weighted by Gasteiger charge is -1.97. The number of phenols is 1. The van der Waals surface area contributed by atoms with E-state index in [9.17, 15) is 40.5 Å². The average Bonchev–Trinajstić information content (AvgIpc) is 3.22. The first kappa shape index (κ1) is 24.2. The van der Waals surface area contributed by atoms with E-state index < -0.39 is 42.5 Å². The van der Waals surface area contributed by atoms with Crippen LogP contribution in [0.15, 0.2) is 60.9 Å². The van der Waals surface area contributed by atoms with Crippen LogP contribution in [0.25, 0.3) is 16.9 Å². The van der Waals surface area contributed by atoms with E-state index in [-0.39, 0.29) is 5.69 Å². The van der Waals surface area contributed by atoms with E-state index in [0.717, 1.165) is 22.5 Å². The number of rotatable bonds is 5. The van der Waals surface area contributed by atoms with Gasteiger partial charge in [0.1, 0.15) is 5.65 Å². The Bertz CT molecular complexity index is 1450. The molecule has 15 nitrogen and oxygen atoms in total. The number of hydrogen-bond donors (Lipinski definition) is 1. The van der Waals surface area contributed by atoms with E-state index in [1.54, 1.807) is 12.1 Å². The maximum Gasteiger partial charge on any atom is 0.324 e. The molecule has 0 bridgehead atoms. The van der Waals surface area contributed by atoms with Gasteiger partial charge in [-0.25, -0.2) is 4.98 Å². The van der Waals surface area contributed by atoms with E-state index in [2.05, 4.69) is 4.98 Å². The van der Waals surface area contributed by atoms with Crippen molar-refractivity contribution >= 4 is 28.4 Å². The molecule has 2 aromatic carbocycles. The van der Waals surface area contributed by atoms with Crippen molar-refractivity contribution in [3.05, 3.63) is 107 Å². The summed E-state index contributed by atoms with van der Waals surface area (Å²) in [5, 5.41) is 50.8. The standard InChI is InChI=1S/C14H11N3O2.C6H3N3O7/c1-10-6-7-16-9-13(15-14(16)8-10)11-2-4-12(5-3-11)17(18)19;10-6-4(8(13)14)1-3(7(11)12)2-5(6)9(15)16/h2-9H,1H3;1-2,10H. The third-order valence-corrected chi connectivity index (χ3v) is 4.65. The number of aryl methyl sites for hydroxylation is 1. The van der Waals surface area contributed by atoms with E-state index in [1.165, 1.54) is 12.1 Å². The number of pyridine rings is 1. The molecule has 178 valence electrons. The molecule has 0 aliphatic heterocycles. The number of fused-ring (bicyclic) bond motifs is 1. The van der Waals surface area contributed by atoms with Crippen LogP contribution in [-0.2, 0) is 0 Å². The molecule has 0 saturated carbocycles. The number of aromatic hydroxyl groups is 1. The van der Waals surface area contributed by atoms with Crippen molar-refractivity contribution in [2.45, 2.75) is 6.92 Å². The summed E-state index contributed by atoms with van der Waals surface area (Å²) in [5.74, 6) is -1.21. The number of imidazole rings is 1. The number of nitro groups is 4. The molecule has 15 heteroatoms. The van der Waals surface area contributed by atoms with Crippen LogP contribution < -0.4 is 0 Å². The molecular formula is C20H14N6O9. The van der Waals surface area contributed by atoms with Gasteiger partial charge < -0.3 is 9.51 Å². The summed E-state index contributed by atoms with van der Waals surface area (Å²) in [6, 6.07) is 11.3. The second kappa shape index (κ2) is 9.57. The zero-order valence-corrected chi connectivity index (χ0v) is 17.7. The van der Waals surface area contributed by atoms with E-state index in [0.29, 0.717) is 12.1 Å². The summed E-state index contributed by atoms with van der Waals surface area (Å²) in [4.78, 5) is 42.5. The predicted molar refractivity (Wildman–Crippen MR) is 120 cm³/mol. The summed E-state index contributed by atoms with van der Waals surface area (Å²) in [6.07, 6.45) is 3.86. The molecule has 0 radical (unpaired) electrons. The minimum absolute atomic E-state index is 0.0864. The van der Waals surface area contributed by atoms with Gasteiger partial charge in [-0.3, -0.25) is 40.5 Å². The fourth-order valence-corrected chi connectivity index (χ4v) is 2.95. The lowest BCUT2D eigenvalue weighted by molar-refractivity contribution is -0.404. The van der Waals surface area contributed by atoms with Crippen molar-refractivity contribution in [2.24, 2.45) is 0 Å². The van der Waals surface area contributed by atoms with Gasteiger partial charge in [-0.05, 0) is 36.8 Å². The molecule has 4 aromatic rings. The van der Waals surface area contributed by atoms with Gasteiger partial charge in [0, 0.05) is 30.1 Å². The monoisotopic (exact) mass is 482 g/mol. The Balaban J connectivity index is 0.000000199. The number of aromatic nitrogens is 2. The molecule has 0 aliphatic rings. The molecular weight excluding hydrogens is 468 g/mol. The summed E-state index contributed by atoms with van der Waals surface area (Å²) in [7, 11) is 0. The molecule has 1 N–H and O–H groups in total. The number of benzene rings is 2. The maximum absolute atomic E-state index is 10.6. The van der Waals surface area contributed by atoms with Gasteiger partial charge in [0.05, 0.1) is 37.5 Å². The maximum atomic E-state index is 10.6. The molecule has 4 rings (SSSR count). The van der Waals surface area contributed by atoms with Gasteiger partial charge in [-0.15, -0.1) is 0 Å². The first-order valence-corrected chi connectivity index (χ1v) is 9.48. The minimum atomic E-state index is -1.21. The van der Waals surface area contributed by atoms with E-state index in [1.807, 2.05) is 35.9 Å². The lowest BCUT2D eigenvalue weighted by Crippen LogP contribution is -1.97. The molecule has 0 spiro atoms. The van der Waals surface area contributed by atoms with Gasteiger partial charge in [0.15, 0.2) is 0 Å². The van der Waals surface area contributed by atoms with Crippen molar-refractivity contribution in [3.8, 4) is 17.0 Å².